The molecule has 0 spiro atoms. The van der Waals surface area contributed by atoms with E-state index in [1.54, 1.807) is 6.08 Å². The molecule has 0 aliphatic carbocycles. The lowest BCUT2D eigenvalue weighted by Gasteiger charge is -2.12. The fraction of sp³-hybridized carbons (Fsp3) is 0.273. The summed E-state index contributed by atoms with van der Waals surface area (Å²) in [5, 5.41) is 0. The predicted molar refractivity (Wildman–Crippen MR) is 59.3 cm³/mol. The van der Waals surface area contributed by atoms with Gasteiger partial charge in [0.15, 0.2) is 11.6 Å². The summed E-state index contributed by atoms with van der Waals surface area (Å²) in [5.41, 5.74) is 1.83. The van der Waals surface area contributed by atoms with Crippen molar-refractivity contribution in [3.8, 4) is 5.75 Å². The standard InChI is InChI=1S/C11H12BrFO/c1-4-5-8-7(2)9(12)6-10(13)11(8)14-3/h4,6H,1,5H2,2-3H3. The summed E-state index contributed by atoms with van der Waals surface area (Å²) in [4.78, 5) is 0. The van der Waals surface area contributed by atoms with Crippen LogP contribution in [-0.2, 0) is 6.42 Å². The highest BCUT2D eigenvalue weighted by Crippen LogP contribution is 2.31. The Morgan fingerprint density at radius 1 is 1.64 bits per heavy atom. The van der Waals surface area contributed by atoms with Crippen LogP contribution in [0.5, 0.6) is 5.75 Å². The van der Waals surface area contributed by atoms with E-state index < -0.39 is 0 Å². The van der Waals surface area contributed by atoms with E-state index in [0.29, 0.717) is 12.2 Å². The van der Waals surface area contributed by atoms with Crippen molar-refractivity contribution in [2.24, 2.45) is 0 Å². The van der Waals surface area contributed by atoms with Crippen molar-refractivity contribution >= 4 is 15.9 Å². The summed E-state index contributed by atoms with van der Waals surface area (Å²) in [6, 6.07) is 1.42. The van der Waals surface area contributed by atoms with Crippen LogP contribution in [0.25, 0.3) is 0 Å². The molecule has 1 nitrogen and oxygen atoms in total. The number of methoxy groups -OCH3 is 1. The predicted octanol–water partition coefficient (Wildman–Crippen LogP) is 3.63. The summed E-state index contributed by atoms with van der Waals surface area (Å²) in [7, 11) is 1.47. The molecule has 1 rings (SSSR count). The van der Waals surface area contributed by atoms with Crippen molar-refractivity contribution < 1.29 is 9.13 Å². The first kappa shape index (κ1) is 11.2. The van der Waals surface area contributed by atoms with Gasteiger partial charge in [-0.1, -0.05) is 22.0 Å². The van der Waals surface area contributed by atoms with Crippen LogP contribution in [0.2, 0.25) is 0 Å². The molecule has 3 heteroatoms. The van der Waals surface area contributed by atoms with Gasteiger partial charge in [0.2, 0.25) is 0 Å². The van der Waals surface area contributed by atoms with Gasteiger partial charge in [-0.3, -0.25) is 0 Å². The number of ether oxygens (including phenoxy) is 1. The molecule has 0 atom stereocenters. The van der Waals surface area contributed by atoms with Crippen LogP contribution in [0.1, 0.15) is 11.1 Å². The topological polar surface area (TPSA) is 9.23 Å². The lowest BCUT2D eigenvalue weighted by Crippen LogP contribution is -1.98. The molecule has 0 saturated carbocycles. The zero-order chi connectivity index (χ0) is 10.7. The molecule has 0 N–H and O–H groups in total. The molecular formula is C11H12BrFO. The van der Waals surface area contributed by atoms with Gasteiger partial charge in [0.05, 0.1) is 7.11 Å². The summed E-state index contributed by atoms with van der Waals surface area (Å²) in [6.45, 7) is 5.56. The van der Waals surface area contributed by atoms with Crippen molar-refractivity contribution in [1.82, 2.24) is 0 Å². The molecule has 0 aliphatic heterocycles. The van der Waals surface area contributed by atoms with Gasteiger partial charge in [-0.2, -0.15) is 0 Å². The minimum atomic E-state index is -0.346. The van der Waals surface area contributed by atoms with Crippen molar-refractivity contribution in [2.45, 2.75) is 13.3 Å². The normalized spacial score (nSPS) is 10.0. The maximum Gasteiger partial charge on any atom is 0.166 e. The summed E-state index contributed by atoms with van der Waals surface area (Å²) < 4.78 is 19.2. The van der Waals surface area contributed by atoms with Crippen molar-refractivity contribution in [3.05, 3.63) is 40.1 Å². The Labute approximate surface area is 91.7 Å². The molecule has 0 unspecified atom stereocenters. The van der Waals surface area contributed by atoms with E-state index in [1.807, 2.05) is 6.92 Å². The first-order valence-corrected chi connectivity index (χ1v) is 5.03. The number of hydrogen-bond acceptors (Lipinski definition) is 1. The van der Waals surface area contributed by atoms with Crippen molar-refractivity contribution in [2.75, 3.05) is 7.11 Å². The Kier molecular flexibility index (Phi) is 3.69. The second-order valence-corrected chi connectivity index (χ2v) is 3.82. The number of rotatable bonds is 3. The molecule has 0 saturated heterocycles. The van der Waals surface area contributed by atoms with E-state index in [0.717, 1.165) is 15.6 Å². The SMILES string of the molecule is C=CCc1c(C)c(Br)cc(F)c1OC. The van der Waals surface area contributed by atoms with Gasteiger partial charge < -0.3 is 4.74 Å². The molecule has 0 fully saturated rings. The van der Waals surface area contributed by atoms with Gasteiger partial charge in [-0.15, -0.1) is 6.58 Å². The van der Waals surface area contributed by atoms with Crippen molar-refractivity contribution in [1.29, 1.82) is 0 Å². The highest BCUT2D eigenvalue weighted by molar-refractivity contribution is 9.10. The largest absolute Gasteiger partial charge is 0.493 e. The number of halogens is 2. The van der Waals surface area contributed by atoms with Gasteiger partial charge in [-0.25, -0.2) is 4.39 Å². The monoisotopic (exact) mass is 258 g/mol. The van der Waals surface area contributed by atoms with Gasteiger partial charge in [0, 0.05) is 10.0 Å². The molecule has 0 bridgehead atoms. The summed E-state index contributed by atoms with van der Waals surface area (Å²) in [5.74, 6) is -0.0348. The molecule has 0 radical (unpaired) electrons. The summed E-state index contributed by atoms with van der Waals surface area (Å²) >= 11 is 3.30. The molecule has 1 aromatic carbocycles. The van der Waals surface area contributed by atoms with Gasteiger partial charge in [0.1, 0.15) is 0 Å². The lowest BCUT2D eigenvalue weighted by atomic mass is 10.0. The summed E-state index contributed by atoms with van der Waals surface area (Å²) in [6.07, 6.45) is 2.34. The van der Waals surface area contributed by atoms with Crippen LogP contribution in [0.4, 0.5) is 4.39 Å². The highest BCUT2D eigenvalue weighted by Gasteiger charge is 2.13. The Morgan fingerprint density at radius 3 is 2.79 bits per heavy atom. The second-order valence-electron chi connectivity index (χ2n) is 2.97. The fourth-order valence-electron chi connectivity index (χ4n) is 1.35. The molecule has 0 heterocycles. The Hall–Kier alpha value is -0.830. The van der Waals surface area contributed by atoms with Crippen LogP contribution in [0.15, 0.2) is 23.2 Å². The maximum absolute atomic E-state index is 13.4. The Balaban J connectivity index is 3.39. The van der Waals surface area contributed by atoms with E-state index in [2.05, 4.69) is 22.5 Å². The van der Waals surface area contributed by atoms with E-state index in [4.69, 9.17) is 4.74 Å². The zero-order valence-electron chi connectivity index (χ0n) is 8.23. The second kappa shape index (κ2) is 4.60. The van der Waals surface area contributed by atoms with Gasteiger partial charge in [-0.05, 0) is 25.0 Å². The van der Waals surface area contributed by atoms with Crippen LogP contribution < -0.4 is 4.74 Å². The number of allylic oxidation sites excluding steroid dienone is 1. The average molecular weight is 259 g/mol. The number of benzene rings is 1. The first-order chi connectivity index (χ1) is 6.61. The molecule has 0 amide bonds. The molecule has 1 aromatic rings. The smallest absolute Gasteiger partial charge is 0.166 e. The zero-order valence-corrected chi connectivity index (χ0v) is 9.82. The van der Waals surface area contributed by atoms with E-state index >= 15 is 0 Å². The Morgan fingerprint density at radius 2 is 2.29 bits per heavy atom. The van der Waals surface area contributed by atoms with Gasteiger partial charge >= 0.3 is 0 Å². The van der Waals surface area contributed by atoms with Gasteiger partial charge in [0.25, 0.3) is 0 Å². The highest BCUT2D eigenvalue weighted by atomic mass is 79.9. The molecule has 76 valence electrons. The van der Waals surface area contributed by atoms with E-state index in [1.165, 1.54) is 13.2 Å². The molecule has 14 heavy (non-hydrogen) atoms. The fourth-order valence-corrected chi connectivity index (χ4v) is 1.79. The van der Waals surface area contributed by atoms with E-state index in [9.17, 15) is 4.39 Å². The third kappa shape index (κ3) is 1.98. The van der Waals surface area contributed by atoms with Crippen LogP contribution in [0, 0.1) is 12.7 Å². The van der Waals surface area contributed by atoms with Crippen LogP contribution in [0.3, 0.4) is 0 Å². The molecule has 0 aromatic heterocycles. The minimum absolute atomic E-state index is 0.311. The first-order valence-electron chi connectivity index (χ1n) is 4.24. The third-order valence-corrected chi connectivity index (χ3v) is 2.93. The third-order valence-electron chi connectivity index (χ3n) is 2.11. The lowest BCUT2D eigenvalue weighted by molar-refractivity contribution is 0.381. The Bertz CT molecular complexity index is 361. The van der Waals surface area contributed by atoms with Crippen LogP contribution >= 0.6 is 15.9 Å². The molecular weight excluding hydrogens is 247 g/mol. The van der Waals surface area contributed by atoms with Crippen LogP contribution in [-0.4, -0.2) is 7.11 Å². The molecule has 0 aliphatic rings. The quantitative estimate of drug-likeness (QED) is 0.753. The number of hydrogen-bond donors (Lipinski definition) is 0. The van der Waals surface area contributed by atoms with E-state index in [-0.39, 0.29) is 5.82 Å². The minimum Gasteiger partial charge on any atom is -0.493 e. The average Bonchev–Trinajstić information content (AvgIpc) is 2.14. The maximum atomic E-state index is 13.4. The van der Waals surface area contributed by atoms with Crippen molar-refractivity contribution in [3.63, 3.8) is 0 Å².